The zero-order valence-corrected chi connectivity index (χ0v) is 11.7. The highest BCUT2D eigenvalue weighted by atomic mass is 14.9. The first-order valence-electron chi connectivity index (χ1n) is 6.53. The fraction of sp³-hybridized carbons (Fsp3) is 1.00. The van der Waals surface area contributed by atoms with Gasteiger partial charge in [0, 0.05) is 11.6 Å². The van der Waals surface area contributed by atoms with E-state index in [0.717, 1.165) is 12.8 Å². The second-order valence-corrected chi connectivity index (χ2v) is 7.72. The summed E-state index contributed by atoms with van der Waals surface area (Å²) in [7, 11) is 0. The van der Waals surface area contributed by atoms with Crippen molar-refractivity contribution in [1.82, 2.24) is 0 Å². The van der Waals surface area contributed by atoms with Crippen molar-refractivity contribution in [3.63, 3.8) is 0 Å². The molecule has 0 aromatic carbocycles. The first-order valence-corrected chi connectivity index (χ1v) is 6.53. The highest BCUT2D eigenvalue weighted by Crippen LogP contribution is 2.72. The Labute approximate surface area is 100 Å². The maximum atomic E-state index is 6.71. The van der Waals surface area contributed by atoms with E-state index in [1.807, 2.05) is 0 Å². The molecule has 0 saturated heterocycles. The summed E-state index contributed by atoms with van der Waals surface area (Å²) in [6.45, 7) is 14.0. The quantitative estimate of drug-likeness (QED) is 0.664. The van der Waals surface area contributed by atoms with E-state index in [1.54, 1.807) is 0 Å². The van der Waals surface area contributed by atoms with Gasteiger partial charge >= 0.3 is 0 Å². The summed E-state index contributed by atoms with van der Waals surface area (Å²) in [5, 5.41) is 0. The van der Waals surface area contributed by atoms with Gasteiger partial charge in [-0.3, -0.25) is 0 Å². The van der Waals surface area contributed by atoms with Crippen LogP contribution < -0.4 is 11.5 Å². The third-order valence-electron chi connectivity index (χ3n) is 6.93. The molecule has 4 unspecified atom stereocenters. The Morgan fingerprint density at radius 3 is 1.94 bits per heavy atom. The Hall–Kier alpha value is -0.0800. The molecule has 2 rings (SSSR count). The highest BCUT2D eigenvalue weighted by Gasteiger charge is 2.72. The van der Waals surface area contributed by atoms with Crippen LogP contribution in [0.4, 0.5) is 0 Å². The number of fused-ring (bicyclic) bond motifs is 1. The average molecular weight is 224 g/mol. The van der Waals surface area contributed by atoms with Crippen molar-refractivity contribution >= 4 is 0 Å². The van der Waals surface area contributed by atoms with E-state index in [2.05, 4.69) is 41.5 Å². The molecule has 2 fully saturated rings. The summed E-state index contributed by atoms with van der Waals surface area (Å²) < 4.78 is 0. The summed E-state index contributed by atoms with van der Waals surface area (Å²) in [6, 6.07) is 0.365. The maximum Gasteiger partial charge on any atom is 0.0237 e. The van der Waals surface area contributed by atoms with Crippen molar-refractivity contribution in [2.45, 2.75) is 66.0 Å². The predicted octanol–water partition coefficient (Wildman–Crippen LogP) is 2.51. The predicted molar refractivity (Wildman–Crippen MR) is 69.0 cm³/mol. The molecule has 0 aliphatic heterocycles. The van der Waals surface area contributed by atoms with Crippen molar-refractivity contribution < 1.29 is 0 Å². The summed E-state index contributed by atoms with van der Waals surface area (Å²) in [4.78, 5) is 0. The van der Waals surface area contributed by atoms with Crippen LogP contribution in [0.1, 0.15) is 54.4 Å². The van der Waals surface area contributed by atoms with Gasteiger partial charge in [0.1, 0.15) is 0 Å². The van der Waals surface area contributed by atoms with Gasteiger partial charge in [0.25, 0.3) is 0 Å². The van der Waals surface area contributed by atoms with E-state index in [4.69, 9.17) is 11.5 Å². The Kier molecular flexibility index (Phi) is 2.20. The third-order valence-corrected chi connectivity index (χ3v) is 6.93. The van der Waals surface area contributed by atoms with Gasteiger partial charge < -0.3 is 11.5 Å². The van der Waals surface area contributed by atoms with Gasteiger partial charge in [-0.2, -0.15) is 0 Å². The van der Waals surface area contributed by atoms with E-state index >= 15 is 0 Å². The summed E-state index contributed by atoms with van der Waals surface area (Å²) in [6.07, 6.45) is 2.26. The van der Waals surface area contributed by atoms with Crippen LogP contribution in [0.25, 0.3) is 0 Å². The topological polar surface area (TPSA) is 52.0 Å². The van der Waals surface area contributed by atoms with E-state index in [0.29, 0.717) is 17.4 Å². The summed E-state index contributed by atoms with van der Waals surface area (Å²) >= 11 is 0. The minimum Gasteiger partial charge on any atom is -0.328 e. The molecule has 2 heteroatoms. The standard InChI is InChI=1S/C14H28N2/c1-11(2)10-7-9(15)8-13(10,5)12(3,4)14(11,6)16/h9-10H,7-8,15-16H2,1-6H3. The van der Waals surface area contributed by atoms with Crippen molar-refractivity contribution in [2.75, 3.05) is 0 Å². The number of hydrogen-bond donors (Lipinski definition) is 2. The molecule has 0 aromatic heterocycles. The molecule has 0 amide bonds. The van der Waals surface area contributed by atoms with E-state index in [1.165, 1.54) is 0 Å². The lowest BCUT2D eigenvalue weighted by molar-refractivity contribution is 0.0572. The SMILES string of the molecule is CC1(C)C2CC(N)CC2(C)C(C)(C)C1(C)N. The lowest BCUT2D eigenvalue weighted by Gasteiger charge is -2.48. The molecule has 0 heterocycles. The molecule has 16 heavy (non-hydrogen) atoms. The molecule has 0 spiro atoms. The molecule has 0 aromatic rings. The zero-order valence-electron chi connectivity index (χ0n) is 11.7. The van der Waals surface area contributed by atoms with Gasteiger partial charge in [-0.1, -0.05) is 34.6 Å². The molecule has 0 radical (unpaired) electrons. The first-order chi connectivity index (χ1) is 6.98. The van der Waals surface area contributed by atoms with Crippen LogP contribution in [0.15, 0.2) is 0 Å². The Morgan fingerprint density at radius 1 is 1.00 bits per heavy atom. The molecule has 4 N–H and O–H groups in total. The number of hydrogen-bond acceptors (Lipinski definition) is 2. The van der Waals surface area contributed by atoms with Crippen molar-refractivity contribution in [1.29, 1.82) is 0 Å². The minimum atomic E-state index is -0.125. The zero-order chi connectivity index (χ0) is 12.6. The fourth-order valence-corrected chi connectivity index (χ4v) is 4.88. The Bertz CT molecular complexity index is 317. The van der Waals surface area contributed by atoms with Crippen LogP contribution in [-0.2, 0) is 0 Å². The normalized spacial score (nSPS) is 54.0. The van der Waals surface area contributed by atoms with E-state index in [-0.39, 0.29) is 16.4 Å². The number of rotatable bonds is 0. The van der Waals surface area contributed by atoms with Gasteiger partial charge in [-0.05, 0) is 41.9 Å². The molecule has 2 aliphatic rings. The molecular weight excluding hydrogens is 196 g/mol. The second-order valence-electron chi connectivity index (χ2n) is 7.72. The molecule has 2 aliphatic carbocycles. The number of nitrogens with two attached hydrogens (primary N) is 2. The van der Waals surface area contributed by atoms with Gasteiger partial charge in [-0.15, -0.1) is 0 Å². The summed E-state index contributed by atoms with van der Waals surface area (Å²) in [5.74, 6) is 0.653. The lowest BCUT2D eigenvalue weighted by atomic mass is 9.60. The van der Waals surface area contributed by atoms with Gasteiger partial charge in [0.05, 0.1) is 0 Å². The van der Waals surface area contributed by atoms with Crippen molar-refractivity contribution in [2.24, 2.45) is 33.6 Å². The largest absolute Gasteiger partial charge is 0.328 e. The first kappa shape index (κ1) is 12.4. The Balaban J connectivity index is 2.58. The monoisotopic (exact) mass is 224 g/mol. The van der Waals surface area contributed by atoms with Crippen LogP contribution in [0.3, 0.4) is 0 Å². The van der Waals surface area contributed by atoms with E-state index < -0.39 is 0 Å². The maximum absolute atomic E-state index is 6.71. The molecular formula is C14H28N2. The van der Waals surface area contributed by atoms with Crippen LogP contribution in [0.2, 0.25) is 0 Å². The highest BCUT2D eigenvalue weighted by molar-refractivity contribution is 5.24. The smallest absolute Gasteiger partial charge is 0.0237 e. The van der Waals surface area contributed by atoms with E-state index in [9.17, 15) is 0 Å². The van der Waals surface area contributed by atoms with Crippen LogP contribution in [0.5, 0.6) is 0 Å². The molecule has 0 bridgehead atoms. The second kappa shape index (κ2) is 2.84. The Morgan fingerprint density at radius 2 is 1.50 bits per heavy atom. The minimum absolute atomic E-state index is 0.125. The van der Waals surface area contributed by atoms with Crippen LogP contribution in [-0.4, -0.2) is 11.6 Å². The summed E-state index contributed by atoms with van der Waals surface area (Å²) in [5.41, 5.74) is 13.4. The van der Waals surface area contributed by atoms with Gasteiger partial charge in [-0.25, -0.2) is 0 Å². The third kappa shape index (κ3) is 1.01. The molecule has 4 atom stereocenters. The van der Waals surface area contributed by atoms with Crippen LogP contribution >= 0.6 is 0 Å². The van der Waals surface area contributed by atoms with Gasteiger partial charge in [0.2, 0.25) is 0 Å². The fourth-order valence-electron chi connectivity index (χ4n) is 4.88. The lowest BCUT2D eigenvalue weighted by Crippen LogP contribution is -2.58. The molecule has 94 valence electrons. The average Bonchev–Trinajstić information content (AvgIpc) is 2.45. The van der Waals surface area contributed by atoms with Crippen molar-refractivity contribution in [3.8, 4) is 0 Å². The molecule has 2 saturated carbocycles. The molecule has 2 nitrogen and oxygen atoms in total. The van der Waals surface area contributed by atoms with Crippen molar-refractivity contribution in [3.05, 3.63) is 0 Å². The van der Waals surface area contributed by atoms with Crippen LogP contribution in [0, 0.1) is 22.2 Å². The van der Waals surface area contributed by atoms with Gasteiger partial charge in [0.15, 0.2) is 0 Å².